The van der Waals surface area contributed by atoms with Gasteiger partial charge in [0.25, 0.3) is 0 Å². The minimum absolute atomic E-state index is 0.227. The lowest BCUT2D eigenvalue weighted by atomic mass is 10.3. The Kier molecular flexibility index (Phi) is 4.68. The van der Waals surface area contributed by atoms with Crippen molar-refractivity contribution in [3.63, 3.8) is 0 Å². The first-order chi connectivity index (χ1) is 7.65. The smallest absolute Gasteiger partial charge is 0.244 e. The van der Waals surface area contributed by atoms with Gasteiger partial charge in [-0.3, -0.25) is 14.9 Å². The topological polar surface area (TPSA) is 82.3 Å². The molecule has 2 amide bonds. The molecule has 0 aromatic heterocycles. The number of carbonyl (C=O) groups is 2. The summed E-state index contributed by atoms with van der Waals surface area (Å²) in [5.74, 6) is -0.509. The van der Waals surface area contributed by atoms with Crippen molar-refractivity contribution in [1.82, 2.24) is 21.3 Å². The molecule has 88 valence electrons. The third kappa shape index (κ3) is 3.84. The highest BCUT2D eigenvalue weighted by Crippen LogP contribution is 1.89. The summed E-state index contributed by atoms with van der Waals surface area (Å²) in [4.78, 5) is 22.1. The van der Waals surface area contributed by atoms with E-state index in [0.29, 0.717) is 13.1 Å². The van der Waals surface area contributed by atoms with E-state index in [1.54, 1.807) is 0 Å². The number of rotatable bonds is 4. The Labute approximate surface area is 94.2 Å². The molecule has 6 heteroatoms. The Morgan fingerprint density at radius 3 is 1.88 bits per heavy atom. The van der Waals surface area contributed by atoms with Gasteiger partial charge in [0.2, 0.25) is 11.8 Å². The van der Waals surface area contributed by atoms with Crippen LogP contribution in [0.3, 0.4) is 0 Å². The number of hydrogen-bond acceptors (Lipinski definition) is 4. The number of carbonyl (C=O) groups excluding carboxylic acids is 2. The molecule has 6 nitrogen and oxygen atoms in total. The SMILES string of the molecule is C=CC(=O)NC1CNCC(NC(=O)C=C)N1. The van der Waals surface area contributed by atoms with Crippen LogP contribution < -0.4 is 21.3 Å². The van der Waals surface area contributed by atoms with Crippen molar-refractivity contribution in [3.05, 3.63) is 25.3 Å². The van der Waals surface area contributed by atoms with Gasteiger partial charge in [-0.2, -0.15) is 0 Å². The van der Waals surface area contributed by atoms with Gasteiger partial charge in [0.05, 0.1) is 12.3 Å². The molecular formula is C10H16N4O2. The van der Waals surface area contributed by atoms with Crippen LogP contribution >= 0.6 is 0 Å². The van der Waals surface area contributed by atoms with Gasteiger partial charge in [-0.15, -0.1) is 0 Å². The summed E-state index contributed by atoms with van der Waals surface area (Å²) < 4.78 is 0. The zero-order chi connectivity index (χ0) is 12.0. The first kappa shape index (κ1) is 12.4. The van der Waals surface area contributed by atoms with E-state index in [1.807, 2.05) is 0 Å². The van der Waals surface area contributed by atoms with Crippen LogP contribution in [0, 0.1) is 0 Å². The van der Waals surface area contributed by atoms with Crippen LogP contribution in [0.15, 0.2) is 25.3 Å². The summed E-state index contributed by atoms with van der Waals surface area (Å²) >= 11 is 0. The first-order valence-electron chi connectivity index (χ1n) is 4.98. The zero-order valence-corrected chi connectivity index (χ0v) is 8.95. The van der Waals surface area contributed by atoms with Crippen LogP contribution in [-0.4, -0.2) is 37.2 Å². The molecule has 0 radical (unpaired) electrons. The molecule has 0 bridgehead atoms. The summed E-state index contributed by atoms with van der Waals surface area (Å²) in [5, 5.41) is 11.5. The molecule has 1 heterocycles. The quantitative estimate of drug-likeness (QED) is 0.435. The molecule has 16 heavy (non-hydrogen) atoms. The van der Waals surface area contributed by atoms with Gasteiger partial charge in [-0.25, -0.2) is 0 Å². The second-order valence-corrected chi connectivity index (χ2v) is 3.36. The van der Waals surface area contributed by atoms with Gasteiger partial charge in [0, 0.05) is 13.1 Å². The van der Waals surface area contributed by atoms with Crippen molar-refractivity contribution >= 4 is 11.8 Å². The van der Waals surface area contributed by atoms with Gasteiger partial charge in [0.1, 0.15) is 0 Å². The highest BCUT2D eigenvalue weighted by Gasteiger charge is 2.21. The van der Waals surface area contributed by atoms with Gasteiger partial charge >= 0.3 is 0 Å². The summed E-state index contributed by atoms with van der Waals surface area (Å²) in [6.45, 7) is 7.92. The summed E-state index contributed by atoms with van der Waals surface area (Å²) in [5.41, 5.74) is 0. The second kappa shape index (κ2) is 6.04. The van der Waals surface area contributed by atoms with E-state index < -0.39 is 0 Å². The molecule has 2 atom stereocenters. The molecule has 0 aromatic carbocycles. The minimum Gasteiger partial charge on any atom is -0.336 e. The molecule has 2 unspecified atom stereocenters. The van der Waals surface area contributed by atoms with Crippen LogP contribution in [0.25, 0.3) is 0 Å². The summed E-state index contributed by atoms with van der Waals surface area (Å²) in [7, 11) is 0. The predicted octanol–water partition coefficient (Wildman–Crippen LogP) is -1.56. The Hall–Kier alpha value is -1.66. The Bertz CT molecular complexity index is 275. The van der Waals surface area contributed by atoms with Gasteiger partial charge in [0.15, 0.2) is 0 Å². The maximum atomic E-state index is 11.1. The molecule has 4 N–H and O–H groups in total. The molecule has 1 fully saturated rings. The molecule has 1 aliphatic heterocycles. The Morgan fingerprint density at radius 1 is 1.06 bits per heavy atom. The van der Waals surface area contributed by atoms with Crippen molar-refractivity contribution < 1.29 is 9.59 Å². The maximum absolute atomic E-state index is 11.1. The van der Waals surface area contributed by atoms with E-state index in [1.165, 1.54) is 12.2 Å². The normalized spacial score (nSPS) is 24.2. The van der Waals surface area contributed by atoms with Crippen LogP contribution in [0.2, 0.25) is 0 Å². The highest BCUT2D eigenvalue weighted by atomic mass is 16.2. The van der Waals surface area contributed by atoms with Gasteiger partial charge < -0.3 is 16.0 Å². The van der Waals surface area contributed by atoms with E-state index in [9.17, 15) is 9.59 Å². The summed E-state index contributed by atoms with van der Waals surface area (Å²) in [6.07, 6.45) is 1.95. The fraction of sp³-hybridized carbons (Fsp3) is 0.400. The highest BCUT2D eigenvalue weighted by molar-refractivity contribution is 5.87. The van der Waals surface area contributed by atoms with Crippen molar-refractivity contribution in [2.45, 2.75) is 12.3 Å². The third-order valence-corrected chi connectivity index (χ3v) is 2.10. The van der Waals surface area contributed by atoms with E-state index in [2.05, 4.69) is 34.4 Å². The lowest BCUT2D eigenvalue weighted by molar-refractivity contribution is -0.117. The monoisotopic (exact) mass is 224 g/mol. The molecule has 0 spiro atoms. The number of nitrogens with one attached hydrogen (secondary N) is 4. The Balaban J connectivity index is 2.40. The van der Waals surface area contributed by atoms with Crippen LogP contribution in [0.1, 0.15) is 0 Å². The second-order valence-electron chi connectivity index (χ2n) is 3.36. The molecule has 1 rings (SSSR count). The molecule has 0 aliphatic carbocycles. The van der Waals surface area contributed by atoms with Crippen LogP contribution in [-0.2, 0) is 9.59 Å². The van der Waals surface area contributed by atoms with E-state index >= 15 is 0 Å². The average Bonchev–Trinajstić information content (AvgIpc) is 2.29. The predicted molar refractivity (Wildman–Crippen MR) is 60.3 cm³/mol. The largest absolute Gasteiger partial charge is 0.336 e. The maximum Gasteiger partial charge on any atom is 0.244 e. The van der Waals surface area contributed by atoms with Crippen molar-refractivity contribution in [3.8, 4) is 0 Å². The average molecular weight is 224 g/mol. The molecular weight excluding hydrogens is 208 g/mol. The zero-order valence-electron chi connectivity index (χ0n) is 8.95. The molecule has 1 aliphatic rings. The molecule has 0 aromatic rings. The van der Waals surface area contributed by atoms with Crippen LogP contribution in [0.4, 0.5) is 0 Å². The van der Waals surface area contributed by atoms with Crippen molar-refractivity contribution in [2.75, 3.05) is 13.1 Å². The third-order valence-electron chi connectivity index (χ3n) is 2.10. The molecule has 1 saturated heterocycles. The van der Waals surface area contributed by atoms with Crippen LogP contribution in [0.5, 0.6) is 0 Å². The van der Waals surface area contributed by atoms with E-state index in [0.717, 1.165) is 0 Å². The number of amides is 2. The standard InChI is InChI=1S/C10H16N4O2/c1-3-9(15)13-7-5-11-6-8(12-7)14-10(16)4-2/h3-4,7-8,11-12H,1-2,5-6H2,(H,13,15)(H,14,16). The Morgan fingerprint density at radius 2 is 1.50 bits per heavy atom. The fourth-order valence-corrected chi connectivity index (χ4v) is 1.38. The lowest BCUT2D eigenvalue weighted by Crippen LogP contribution is -2.65. The first-order valence-corrected chi connectivity index (χ1v) is 4.98. The summed E-state index contributed by atoms with van der Waals surface area (Å²) in [6, 6.07) is 0. The number of hydrogen-bond donors (Lipinski definition) is 4. The van der Waals surface area contributed by atoms with Crippen molar-refractivity contribution in [2.24, 2.45) is 0 Å². The fourth-order valence-electron chi connectivity index (χ4n) is 1.38. The number of piperazine rings is 1. The molecule has 0 saturated carbocycles. The van der Waals surface area contributed by atoms with Gasteiger partial charge in [-0.1, -0.05) is 13.2 Å². The van der Waals surface area contributed by atoms with E-state index in [4.69, 9.17) is 0 Å². The lowest BCUT2D eigenvalue weighted by Gasteiger charge is -2.32. The minimum atomic E-state index is -0.255. The van der Waals surface area contributed by atoms with Crippen molar-refractivity contribution in [1.29, 1.82) is 0 Å². The van der Waals surface area contributed by atoms with E-state index in [-0.39, 0.29) is 24.1 Å². The van der Waals surface area contributed by atoms with Gasteiger partial charge in [-0.05, 0) is 12.2 Å².